The highest BCUT2D eigenvalue weighted by Crippen LogP contribution is 2.19. The standard InChI is InChI=1S/C61H118O6/c1-6-8-9-10-11-12-13-14-15-16-19-22-25-31-36-41-46-51-59(62)65-54-58(55-66-60(63)52-47-42-37-32-28-27-30-35-40-45-50-57(5)7-2)67-61(64)53-48-43-38-33-26-23-20-17-18-21-24-29-34-39-44-49-56(3)4/h56-58H,6-55H2,1-5H3/t57?,58-/m0/s1. The molecule has 0 spiro atoms. The van der Waals surface area contributed by atoms with Crippen LogP contribution in [0.2, 0.25) is 0 Å². The van der Waals surface area contributed by atoms with Crippen molar-refractivity contribution in [3.05, 3.63) is 0 Å². The number of carbonyl (C=O) groups is 3. The fourth-order valence-corrected chi connectivity index (χ4v) is 9.37. The lowest BCUT2D eigenvalue weighted by molar-refractivity contribution is -0.167. The Bertz CT molecular complexity index is 1030. The summed E-state index contributed by atoms with van der Waals surface area (Å²) in [4.78, 5) is 38.2. The lowest BCUT2D eigenvalue weighted by Crippen LogP contribution is -2.30. The van der Waals surface area contributed by atoms with Gasteiger partial charge in [0.25, 0.3) is 0 Å². The zero-order valence-corrected chi connectivity index (χ0v) is 46.0. The molecule has 0 N–H and O–H groups in total. The normalized spacial score (nSPS) is 12.4. The molecule has 0 aromatic carbocycles. The average molecular weight is 948 g/mol. The minimum atomic E-state index is -0.763. The fourth-order valence-electron chi connectivity index (χ4n) is 9.37. The summed E-state index contributed by atoms with van der Waals surface area (Å²) in [6.07, 6.45) is 58.0. The third-order valence-electron chi connectivity index (χ3n) is 14.3. The van der Waals surface area contributed by atoms with Gasteiger partial charge < -0.3 is 14.2 Å². The first-order chi connectivity index (χ1) is 32.8. The SMILES string of the molecule is CCCCCCCCCCCCCCCCCCCC(=O)OC[C@@H](COC(=O)CCCCCCCCCCCCC(C)CC)OC(=O)CCCCCCCCCCCCCCCCCC(C)C. The van der Waals surface area contributed by atoms with E-state index in [1.807, 2.05) is 0 Å². The van der Waals surface area contributed by atoms with Gasteiger partial charge in [-0.25, -0.2) is 0 Å². The minimum Gasteiger partial charge on any atom is -0.462 e. The van der Waals surface area contributed by atoms with Crippen LogP contribution in [0.4, 0.5) is 0 Å². The molecule has 6 heteroatoms. The molecule has 0 fully saturated rings. The van der Waals surface area contributed by atoms with E-state index in [4.69, 9.17) is 14.2 Å². The van der Waals surface area contributed by atoms with Gasteiger partial charge in [0.1, 0.15) is 13.2 Å². The van der Waals surface area contributed by atoms with E-state index in [2.05, 4.69) is 34.6 Å². The minimum absolute atomic E-state index is 0.0624. The second kappa shape index (κ2) is 53.8. The van der Waals surface area contributed by atoms with E-state index in [0.29, 0.717) is 19.3 Å². The molecular weight excluding hydrogens is 829 g/mol. The van der Waals surface area contributed by atoms with E-state index in [1.165, 1.54) is 231 Å². The Morgan fingerprint density at radius 1 is 0.313 bits per heavy atom. The molecule has 0 aliphatic heterocycles. The molecule has 398 valence electrons. The monoisotopic (exact) mass is 947 g/mol. The number of esters is 3. The van der Waals surface area contributed by atoms with Gasteiger partial charge in [0, 0.05) is 19.3 Å². The summed E-state index contributed by atoms with van der Waals surface area (Å²) < 4.78 is 16.9. The van der Waals surface area contributed by atoms with E-state index >= 15 is 0 Å². The number of unbranched alkanes of at least 4 members (excludes halogenated alkanes) is 39. The van der Waals surface area contributed by atoms with Crippen LogP contribution >= 0.6 is 0 Å². The van der Waals surface area contributed by atoms with Crippen LogP contribution in [-0.2, 0) is 28.6 Å². The van der Waals surface area contributed by atoms with Crippen LogP contribution in [-0.4, -0.2) is 37.2 Å². The molecule has 0 bridgehead atoms. The van der Waals surface area contributed by atoms with Crippen molar-refractivity contribution < 1.29 is 28.6 Å². The van der Waals surface area contributed by atoms with Crippen LogP contribution in [0.3, 0.4) is 0 Å². The van der Waals surface area contributed by atoms with Crippen LogP contribution in [0, 0.1) is 11.8 Å². The number of hydrogen-bond donors (Lipinski definition) is 0. The van der Waals surface area contributed by atoms with Crippen molar-refractivity contribution in [3.8, 4) is 0 Å². The molecule has 1 unspecified atom stereocenters. The molecule has 0 rings (SSSR count). The number of rotatable bonds is 55. The van der Waals surface area contributed by atoms with Crippen molar-refractivity contribution in [2.24, 2.45) is 11.8 Å². The smallest absolute Gasteiger partial charge is 0.306 e. The summed E-state index contributed by atoms with van der Waals surface area (Å²) in [6.45, 7) is 11.5. The first-order valence-electron chi connectivity index (χ1n) is 30.3. The predicted molar refractivity (Wildman–Crippen MR) is 289 cm³/mol. The molecule has 0 amide bonds. The molecular formula is C61H118O6. The topological polar surface area (TPSA) is 78.9 Å². The van der Waals surface area contributed by atoms with Gasteiger partial charge in [-0.15, -0.1) is 0 Å². The molecule has 0 saturated carbocycles. The maximum absolute atomic E-state index is 12.9. The van der Waals surface area contributed by atoms with Gasteiger partial charge in [0.2, 0.25) is 0 Å². The van der Waals surface area contributed by atoms with E-state index in [-0.39, 0.29) is 31.1 Å². The maximum atomic E-state index is 12.9. The summed E-state index contributed by atoms with van der Waals surface area (Å²) >= 11 is 0. The molecule has 67 heavy (non-hydrogen) atoms. The zero-order valence-electron chi connectivity index (χ0n) is 46.0. The van der Waals surface area contributed by atoms with E-state index in [9.17, 15) is 14.4 Å². The Hall–Kier alpha value is -1.59. The summed E-state index contributed by atoms with van der Waals surface area (Å²) in [5, 5.41) is 0. The number of ether oxygens (including phenoxy) is 3. The summed E-state index contributed by atoms with van der Waals surface area (Å²) in [5.41, 5.74) is 0. The van der Waals surface area contributed by atoms with Crippen molar-refractivity contribution in [2.75, 3.05) is 13.2 Å². The molecule has 0 saturated heterocycles. The Balaban J connectivity index is 4.30. The van der Waals surface area contributed by atoms with Gasteiger partial charge in [-0.3, -0.25) is 14.4 Å². The van der Waals surface area contributed by atoms with Crippen molar-refractivity contribution in [1.29, 1.82) is 0 Å². The summed E-state index contributed by atoms with van der Waals surface area (Å²) in [6, 6.07) is 0. The van der Waals surface area contributed by atoms with Crippen LogP contribution < -0.4 is 0 Å². The lowest BCUT2D eigenvalue weighted by atomic mass is 9.99. The van der Waals surface area contributed by atoms with Gasteiger partial charge in [-0.2, -0.15) is 0 Å². The van der Waals surface area contributed by atoms with Crippen molar-refractivity contribution in [2.45, 2.75) is 349 Å². The van der Waals surface area contributed by atoms with Crippen molar-refractivity contribution in [3.63, 3.8) is 0 Å². The highest BCUT2D eigenvalue weighted by Gasteiger charge is 2.19. The van der Waals surface area contributed by atoms with Crippen LogP contribution in [0.25, 0.3) is 0 Å². The quantitative estimate of drug-likeness (QED) is 0.0343. The van der Waals surface area contributed by atoms with Gasteiger partial charge in [-0.1, -0.05) is 304 Å². The highest BCUT2D eigenvalue weighted by molar-refractivity contribution is 5.71. The fraction of sp³-hybridized carbons (Fsp3) is 0.951. The Labute approximate surface area is 418 Å². The lowest BCUT2D eigenvalue weighted by Gasteiger charge is -2.18. The molecule has 0 radical (unpaired) electrons. The second-order valence-electron chi connectivity index (χ2n) is 21.7. The first-order valence-corrected chi connectivity index (χ1v) is 30.3. The molecule has 0 aromatic rings. The molecule has 0 aliphatic rings. The van der Waals surface area contributed by atoms with Gasteiger partial charge in [-0.05, 0) is 31.1 Å². The summed E-state index contributed by atoms with van der Waals surface area (Å²) in [5.74, 6) is 0.881. The Morgan fingerprint density at radius 2 is 0.567 bits per heavy atom. The molecule has 0 aromatic heterocycles. The van der Waals surface area contributed by atoms with Crippen LogP contribution in [0.1, 0.15) is 343 Å². The van der Waals surface area contributed by atoms with E-state index in [0.717, 1.165) is 69.6 Å². The van der Waals surface area contributed by atoms with Crippen molar-refractivity contribution >= 4 is 17.9 Å². The molecule has 2 atom stereocenters. The van der Waals surface area contributed by atoms with Gasteiger partial charge >= 0.3 is 17.9 Å². The van der Waals surface area contributed by atoms with Gasteiger partial charge in [0.15, 0.2) is 6.10 Å². The Morgan fingerprint density at radius 3 is 0.851 bits per heavy atom. The third-order valence-corrected chi connectivity index (χ3v) is 14.3. The van der Waals surface area contributed by atoms with Crippen molar-refractivity contribution in [1.82, 2.24) is 0 Å². The van der Waals surface area contributed by atoms with Crippen LogP contribution in [0.5, 0.6) is 0 Å². The molecule has 6 nitrogen and oxygen atoms in total. The Kier molecular flexibility index (Phi) is 52.5. The highest BCUT2D eigenvalue weighted by atomic mass is 16.6. The van der Waals surface area contributed by atoms with E-state index in [1.54, 1.807) is 0 Å². The molecule has 0 aliphatic carbocycles. The zero-order chi connectivity index (χ0) is 48.9. The first kappa shape index (κ1) is 65.4. The number of hydrogen-bond acceptors (Lipinski definition) is 6. The second-order valence-corrected chi connectivity index (χ2v) is 21.7. The largest absolute Gasteiger partial charge is 0.462 e. The molecule has 0 heterocycles. The van der Waals surface area contributed by atoms with Gasteiger partial charge in [0.05, 0.1) is 0 Å². The van der Waals surface area contributed by atoms with Crippen LogP contribution in [0.15, 0.2) is 0 Å². The summed E-state index contributed by atoms with van der Waals surface area (Å²) in [7, 11) is 0. The average Bonchev–Trinajstić information content (AvgIpc) is 3.31. The third kappa shape index (κ3) is 53.6. The van der Waals surface area contributed by atoms with E-state index < -0.39 is 6.10 Å². The maximum Gasteiger partial charge on any atom is 0.306 e. The number of carbonyl (C=O) groups excluding carboxylic acids is 3. The predicted octanol–water partition coefficient (Wildman–Crippen LogP) is 20.0.